The molecule has 0 bridgehead atoms. The van der Waals surface area contributed by atoms with Crippen LogP contribution in [0.5, 0.6) is 0 Å². The average molecular weight is 331 g/mol. The van der Waals surface area contributed by atoms with E-state index < -0.39 is 8.07 Å². The Kier molecular flexibility index (Phi) is 6.19. The topological polar surface area (TPSA) is 0 Å². The summed E-state index contributed by atoms with van der Waals surface area (Å²) >= 11 is 0. The Morgan fingerprint density at radius 3 is 2.52 bits per heavy atom. The Hall–Kier alpha value is -0.529. The number of benzene rings is 1. The molecule has 0 saturated carbocycles. The molecule has 2 aliphatic carbocycles. The zero-order valence-corrected chi connectivity index (χ0v) is 17.3. The van der Waals surface area contributed by atoms with Crippen LogP contribution in [0.2, 0.25) is 43.8 Å². The number of hydrogen-bond acceptors (Lipinski definition) is 0. The molecule has 1 aromatic rings. The molecule has 116 valence electrons. The third kappa shape index (κ3) is 4.73. The Morgan fingerprint density at radius 1 is 1.04 bits per heavy atom. The van der Waals surface area contributed by atoms with Gasteiger partial charge in [0.05, 0.1) is 0 Å². The van der Waals surface area contributed by atoms with Crippen molar-refractivity contribution in [2.75, 3.05) is 0 Å². The van der Waals surface area contributed by atoms with E-state index >= 15 is 0 Å². The smallest absolute Gasteiger partial charge is 0.249 e. The van der Waals surface area contributed by atoms with Crippen LogP contribution in [0.3, 0.4) is 0 Å². The van der Waals surface area contributed by atoms with Crippen LogP contribution in [0.25, 0.3) is 6.08 Å². The van der Waals surface area contributed by atoms with E-state index in [1.165, 1.54) is 17.7 Å². The van der Waals surface area contributed by atoms with Crippen molar-refractivity contribution in [3.63, 3.8) is 0 Å². The molecule has 0 aromatic heterocycles. The van der Waals surface area contributed by atoms with Gasteiger partial charge >= 0.3 is 18.9 Å². The molecule has 0 aliphatic heterocycles. The van der Waals surface area contributed by atoms with Gasteiger partial charge in [-0.15, -0.1) is 17.7 Å². The minimum absolute atomic E-state index is 0. The standard InChI is InChI=1S/C20H27Si2.Li/c1-21(19-12-9-16(13-19)15-22(2,3)4)14-18-11-10-17-7-5-6-8-20(17)18;/h5-13,18-19H,14-15H2,1-4H3;/q-1;+1. The Labute approximate surface area is 156 Å². The number of hydrogen-bond donors (Lipinski definition) is 0. The van der Waals surface area contributed by atoms with Gasteiger partial charge in [0.15, 0.2) is 0 Å². The molecule has 0 saturated heterocycles. The summed E-state index contributed by atoms with van der Waals surface area (Å²) in [4.78, 5) is 0. The molecular formula is C20H27LiSi2. The molecule has 23 heavy (non-hydrogen) atoms. The first-order chi connectivity index (χ1) is 10.4. The Bertz CT molecular complexity index is 637. The van der Waals surface area contributed by atoms with Crippen LogP contribution in [-0.4, -0.2) is 16.9 Å². The minimum Gasteiger partial charge on any atom is -0.249 e. The molecule has 3 heteroatoms. The van der Waals surface area contributed by atoms with Crippen LogP contribution < -0.4 is 18.9 Å². The molecule has 0 amide bonds. The first-order valence-corrected chi connectivity index (χ1v) is 14.4. The summed E-state index contributed by atoms with van der Waals surface area (Å²) in [6.07, 6.45) is 12.2. The monoisotopic (exact) mass is 330 g/mol. The van der Waals surface area contributed by atoms with Crippen LogP contribution in [-0.2, 0) is 0 Å². The molecule has 0 nitrogen and oxygen atoms in total. The molecule has 3 rings (SSSR count). The number of allylic oxidation sites excluding steroid dienone is 5. The van der Waals surface area contributed by atoms with Crippen LogP contribution in [0.4, 0.5) is 0 Å². The van der Waals surface area contributed by atoms with Crippen LogP contribution in [0, 0.1) is 0 Å². The predicted octanol–water partition coefficient (Wildman–Crippen LogP) is 3.13. The van der Waals surface area contributed by atoms with Gasteiger partial charge in [0.1, 0.15) is 0 Å². The van der Waals surface area contributed by atoms with E-state index in [1.807, 2.05) is 0 Å². The SMILES string of the molecule is C[Si-](CC1C=Cc2ccccc21)C1C=CC(C[Si](C)(C)C)=C1.[Li+]. The van der Waals surface area contributed by atoms with E-state index in [2.05, 4.69) is 80.8 Å². The summed E-state index contributed by atoms with van der Waals surface area (Å²) < 4.78 is 0. The predicted molar refractivity (Wildman–Crippen MR) is 104 cm³/mol. The summed E-state index contributed by atoms with van der Waals surface area (Å²) in [5.41, 5.74) is 5.31. The fraction of sp³-hybridized carbons (Fsp3) is 0.400. The molecule has 0 radical (unpaired) electrons. The van der Waals surface area contributed by atoms with Crippen molar-refractivity contribution in [2.24, 2.45) is 0 Å². The molecule has 0 fully saturated rings. The molecule has 0 heterocycles. The van der Waals surface area contributed by atoms with E-state index in [0.29, 0.717) is 5.92 Å². The summed E-state index contributed by atoms with van der Waals surface area (Å²) in [5.74, 6) is 0.651. The van der Waals surface area contributed by atoms with Crippen LogP contribution in [0.1, 0.15) is 17.0 Å². The molecule has 2 atom stereocenters. The summed E-state index contributed by atoms with van der Waals surface area (Å²) in [6, 6.07) is 11.6. The third-order valence-electron chi connectivity index (χ3n) is 4.66. The largest absolute Gasteiger partial charge is 1.00 e. The van der Waals surface area contributed by atoms with Gasteiger partial charge in [0.25, 0.3) is 0 Å². The van der Waals surface area contributed by atoms with Crippen molar-refractivity contribution < 1.29 is 18.9 Å². The molecule has 1 aromatic carbocycles. The van der Waals surface area contributed by atoms with Gasteiger partial charge in [-0.05, 0) is 23.1 Å². The van der Waals surface area contributed by atoms with Crippen molar-refractivity contribution >= 4 is 22.9 Å². The minimum atomic E-state index is -0.989. The van der Waals surface area contributed by atoms with E-state index in [9.17, 15) is 0 Å². The molecule has 2 unspecified atom stereocenters. The van der Waals surface area contributed by atoms with E-state index in [0.717, 1.165) is 5.54 Å². The maximum Gasteiger partial charge on any atom is 1.00 e. The van der Waals surface area contributed by atoms with Crippen molar-refractivity contribution in [2.45, 2.75) is 49.7 Å². The van der Waals surface area contributed by atoms with Gasteiger partial charge in [0.2, 0.25) is 0 Å². The van der Waals surface area contributed by atoms with Gasteiger partial charge in [-0.3, -0.25) is 0 Å². The fourth-order valence-corrected chi connectivity index (χ4v) is 7.30. The first-order valence-electron chi connectivity index (χ1n) is 8.41. The van der Waals surface area contributed by atoms with Crippen LogP contribution >= 0.6 is 0 Å². The van der Waals surface area contributed by atoms with Gasteiger partial charge in [-0.25, -0.2) is 8.80 Å². The second kappa shape index (κ2) is 7.57. The Morgan fingerprint density at radius 2 is 1.78 bits per heavy atom. The summed E-state index contributed by atoms with van der Waals surface area (Å²) in [7, 11) is -1.37. The fourth-order valence-electron chi connectivity index (χ4n) is 3.59. The zero-order valence-electron chi connectivity index (χ0n) is 15.3. The quantitative estimate of drug-likeness (QED) is 0.728. The molecular weight excluding hydrogens is 303 g/mol. The van der Waals surface area contributed by atoms with Gasteiger partial charge in [-0.2, -0.15) is 12.6 Å². The first kappa shape index (κ1) is 18.8. The van der Waals surface area contributed by atoms with Crippen molar-refractivity contribution in [3.8, 4) is 0 Å². The average Bonchev–Trinajstić information content (AvgIpc) is 3.05. The second-order valence-electron chi connectivity index (χ2n) is 8.01. The van der Waals surface area contributed by atoms with Crippen molar-refractivity contribution in [1.29, 1.82) is 0 Å². The third-order valence-corrected chi connectivity index (χ3v) is 8.71. The number of rotatable bonds is 5. The normalized spacial score (nSPS) is 22.2. The Balaban J connectivity index is 0.00000192. The van der Waals surface area contributed by atoms with Crippen LogP contribution in [0.15, 0.2) is 54.1 Å². The van der Waals surface area contributed by atoms with E-state index in [-0.39, 0.29) is 27.7 Å². The van der Waals surface area contributed by atoms with E-state index in [1.54, 1.807) is 11.1 Å². The van der Waals surface area contributed by atoms with Gasteiger partial charge in [0, 0.05) is 8.07 Å². The second-order valence-corrected chi connectivity index (χ2v) is 16.3. The zero-order chi connectivity index (χ0) is 15.7. The maximum absolute atomic E-state index is 2.58. The van der Waals surface area contributed by atoms with Crippen molar-refractivity contribution in [3.05, 3.63) is 65.3 Å². The maximum atomic E-state index is 2.58. The van der Waals surface area contributed by atoms with E-state index in [4.69, 9.17) is 0 Å². The van der Waals surface area contributed by atoms with Gasteiger partial charge < -0.3 is 0 Å². The number of fused-ring (bicyclic) bond motifs is 1. The summed E-state index contributed by atoms with van der Waals surface area (Å²) in [6.45, 7) is 9.91. The molecule has 2 aliphatic rings. The molecule has 0 spiro atoms. The molecule has 0 N–H and O–H groups in total. The summed E-state index contributed by atoms with van der Waals surface area (Å²) in [5, 5.41) is 0. The van der Waals surface area contributed by atoms with Crippen molar-refractivity contribution in [1.82, 2.24) is 0 Å². The van der Waals surface area contributed by atoms with Gasteiger partial charge in [-0.1, -0.05) is 67.7 Å².